The highest BCUT2D eigenvalue weighted by Gasteiger charge is 2.29. The summed E-state index contributed by atoms with van der Waals surface area (Å²) in [6.07, 6.45) is -4.48. The van der Waals surface area contributed by atoms with Gasteiger partial charge in [-0.15, -0.1) is 12.4 Å². The second-order valence-corrected chi connectivity index (χ2v) is 5.50. The molecule has 0 spiro atoms. The molecule has 1 aliphatic heterocycles. The number of nitrogens with zero attached hydrogens (tertiary/aromatic N) is 1. The summed E-state index contributed by atoms with van der Waals surface area (Å²) in [5.74, 6) is -0.792. The van der Waals surface area contributed by atoms with Crippen molar-refractivity contribution in [2.45, 2.75) is 25.7 Å². The van der Waals surface area contributed by atoms with E-state index in [1.807, 2.05) is 0 Å². The molecule has 3 nitrogen and oxygen atoms in total. The fraction of sp³-hybridized carbons (Fsp3) is 0.571. The molecule has 0 saturated carbocycles. The first-order chi connectivity index (χ1) is 9.74. The number of alkyl halides is 3. The molecule has 1 aliphatic rings. The zero-order valence-electron chi connectivity index (χ0n) is 12.1. The monoisotopic (exact) mass is 342 g/mol. The minimum absolute atomic E-state index is 0. The summed E-state index contributed by atoms with van der Waals surface area (Å²) in [7, 11) is 0. The van der Waals surface area contributed by atoms with E-state index in [1.165, 1.54) is 12.1 Å². The summed E-state index contributed by atoms with van der Waals surface area (Å²) >= 11 is 0. The van der Waals surface area contributed by atoms with Crippen LogP contribution >= 0.6 is 12.4 Å². The molecule has 0 radical (unpaired) electrons. The minimum atomic E-state index is -4.48. The van der Waals surface area contributed by atoms with Gasteiger partial charge < -0.3 is 10.5 Å². The van der Waals surface area contributed by atoms with E-state index in [2.05, 4.69) is 16.6 Å². The molecule has 1 heterocycles. The van der Waals surface area contributed by atoms with Crippen LogP contribution in [0.15, 0.2) is 18.2 Å². The van der Waals surface area contributed by atoms with Crippen molar-refractivity contribution in [1.82, 2.24) is 4.90 Å². The number of rotatable bonds is 4. The summed E-state index contributed by atoms with van der Waals surface area (Å²) in [6, 6.07) is 4.11. The Bertz CT molecular complexity index is 488. The van der Waals surface area contributed by atoms with Crippen LogP contribution in [0.5, 0.6) is 5.75 Å². The highest BCUT2D eigenvalue weighted by atomic mass is 35.5. The molecule has 2 unspecified atom stereocenters. The molecule has 2 N–H and O–H groups in total. The molecule has 22 heavy (non-hydrogen) atoms. The van der Waals surface area contributed by atoms with Crippen LogP contribution in [-0.4, -0.2) is 36.8 Å². The van der Waals surface area contributed by atoms with Crippen molar-refractivity contribution in [3.05, 3.63) is 29.6 Å². The standard InChI is InChI=1S/C14H18F4N2O.ClH/c1-9-5-20(7-12(9)19)6-10-2-3-13(11(15)4-10)21-8-14(16,17)18;/h2-4,9,12H,5-8,19H2,1H3;1H. The molecule has 0 aliphatic carbocycles. The van der Waals surface area contributed by atoms with Gasteiger partial charge in [-0.05, 0) is 23.6 Å². The Kier molecular flexibility index (Phi) is 6.46. The summed E-state index contributed by atoms with van der Waals surface area (Å²) in [5.41, 5.74) is 6.60. The number of hydrogen-bond acceptors (Lipinski definition) is 3. The zero-order valence-corrected chi connectivity index (χ0v) is 12.9. The maximum absolute atomic E-state index is 13.7. The van der Waals surface area contributed by atoms with Gasteiger partial charge in [-0.1, -0.05) is 13.0 Å². The third-order valence-corrected chi connectivity index (χ3v) is 3.54. The third-order valence-electron chi connectivity index (χ3n) is 3.54. The van der Waals surface area contributed by atoms with Gasteiger partial charge in [-0.2, -0.15) is 13.2 Å². The highest BCUT2D eigenvalue weighted by molar-refractivity contribution is 5.85. The van der Waals surface area contributed by atoms with Crippen molar-refractivity contribution in [3.63, 3.8) is 0 Å². The molecule has 8 heteroatoms. The Labute approximate surface area is 132 Å². The molecule has 2 rings (SSSR count). The van der Waals surface area contributed by atoms with Crippen LogP contribution in [-0.2, 0) is 6.54 Å². The highest BCUT2D eigenvalue weighted by Crippen LogP contribution is 2.24. The van der Waals surface area contributed by atoms with Crippen LogP contribution in [0, 0.1) is 11.7 Å². The number of ether oxygens (including phenoxy) is 1. The fourth-order valence-corrected chi connectivity index (χ4v) is 2.40. The van der Waals surface area contributed by atoms with Crippen LogP contribution in [0.4, 0.5) is 17.6 Å². The number of halogens is 5. The van der Waals surface area contributed by atoms with Crippen LogP contribution in [0.2, 0.25) is 0 Å². The Morgan fingerprint density at radius 1 is 1.32 bits per heavy atom. The first kappa shape index (κ1) is 19.0. The van der Waals surface area contributed by atoms with Gasteiger partial charge in [0.05, 0.1) is 0 Å². The van der Waals surface area contributed by atoms with E-state index in [9.17, 15) is 17.6 Å². The van der Waals surface area contributed by atoms with Gasteiger partial charge in [0.15, 0.2) is 18.2 Å². The molecule has 0 aromatic heterocycles. The maximum atomic E-state index is 13.7. The molecule has 1 fully saturated rings. The van der Waals surface area contributed by atoms with E-state index in [-0.39, 0.29) is 24.2 Å². The lowest BCUT2D eigenvalue weighted by molar-refractivity contribution is -0.153. The zero-order chi connectivity index (χ0) is 15.6. The van der Waals surface area contributed by atoms with Gasteiger partial charge in [0, 0.05) is 25.7 Å². The van der Waals surface area contributed by atoms with Crippen molar-refractivity contribution in [2.24, 2.45) is 11.7 Å². The van der Waals surface area contributed by atoms with Crippen molar-refractivity contribution in [1.29, 1.82) is 0 Å². The van der Waals surface area contributed by atoms with Crippen molar-refractivity contribution in [2.75, 3.05) is 19.7 Å². The molecule has 0 bridgehead atoms. The maximum Gasteiger partial charge on any atom is 0.422 e. The minimum Gasteiger partial charge on any atom is -0.481 e. The molecule has 1 aromatic carbocycles. The summed E-state index contributed by atoms with van der Waals surface area (Å²) in [6.45, 7) is 2.64. The largest absolute Gasteiger partial charge is 0.481 e. The third kappa shape index (κ3) is 5.30. The average molecular weight is 343 g/mol. The molecule has 2 atom stereocenters. The predicted molar refractivity (Wildman–Crippen MR) is 77.6 cm³/mol. The molecule has 126 valence electrons. The van der Waals surface area contributed by atoms with Crippen molar-refractivity contribution < 1.29 is 22.3 Å². The van der Waals surface area contributed by atoms with E-state index in [4.69, 9.17) is 5.73 Å². The summed E-state index contributed by atoms with van der Waals surface area (Å²) in [5, 5.41) is 0. The quantitative estimate of drug-likeness (QED) is 0.855. The van der Waals surface area contributed by atoms with E-state index >= 15 is 0 Å². The van der Waals surface area contributed by atoms with Gasteiger partial charge in [0.25, 0.3) is 0 Å². The lowest BCUT2D eigenvalue weighted by Gasteiger charge is -2.16. The topological polar surface area (TPSA) is 38.5 Å². The summed E-state index contributed by atoms with van der Waals surface area (Å²) in [4.78, 5) is 2.10. The predicted octanol–water partition coefficient (Wildman–Crippen LogP) is 2.97. The molecule has 0 amide bonds. The lowest BCUT2D eigenvalue weighted by atomic mass is 10.1. The number of benzene rings is 1. The second-order valence-electron chi connectivity index (χ2n) is 5.50. The van der Waals surface area contributed by atoms with Gasteiger partial charge in [-0.25, -0.2) is 4.39 Å². The van der Waals surface area contributed by atoms with Gasteiger partial charge in [0.2, 0.25) is 0 Å². The van der Waals surface area contributed by atoms with Gasteiger partial charge in [-0.3, -0.25) is 4.90 Å². The van der Waals surface area contributed by atoms with Gasteiger partial charge >= 0.3 is 6.18 Å². The van der Waals surface area contributed by atoms with Crippen LogP contribution in [0.25, 0.3) is 0 Å². The molecular formula is C14H19ClF4N2O. The number of hydrogen-bond donors (Lipinski definition) is 1. The lowest BCUT2D eigenvalue weighted by Crippen LogP contribution is -2.28. The molecule has 1 aromatic rings. The SMILES string of the molecule is CC1CN(Cc2ccc(OCC(F)(F)F)c(F)c2)CC1N.Cl. The van der Waals surface area contributed by atoms with Crippen molar-refractivity contribution in [3.8, 4) is 5.75 Å². The Morgan fingerprint density at radius 3 is 2.50 bits per heavy atom. The van der Waals surface area contributed by atoms with E-state index < -0.39 is 18.6 Å². The first-order valence-electron chi connectivity index (χ1n) is 6.70. The van der Waals surface area contributed by atoms with Crippen LogP contribution in [0.1, 0.15) is 12.5 Å². The number of nitrogens with two attached hydrogens (primary N) is 1. The smallest absolute Gasteiger partial charge is 0.422 e. The van der Waals surface area contributed by atoms with E-state index in [1.54, 1.807) is 6.07 Å². The Morgan fingerprint density at radius 2 is 2.00 bits per heavy atom. The molecular weight excluding hydrogens is 324 g/mol. The van der Waals surface area contributed by atoms with Crippen LogP contribution in [0.3, 0.4) is 0 Å². The van der Waals surface area contributed by atoms with Crippen molar-refractivity contribution >= 4 is 12.4 Å². The van der Waals surface area contributed by atoms with Gasteiger partial charge in [0.1, 0.15) is 0 Å². The van der Waals surface area contributed by atoms with Crippen LogP contribution < -0.4 is 10.5 Å². The van der Waals surface area contributed by atoms with E-state index in [0.717, 1.165) is 13.1 Å². The number of likely N-dealkylation sites (tertiary alicyclic amines) is 1. The normalized spacial score (nSPS) is 22.5. The van der Waals surface area contributed by atoms with E-state index in [0.29, 0.717) is 18.0 Å². The fourth-order valence-electron chi connectivity index (χ4n) is 2.40. The molecule has 1 saturated heterocycles. The first-order valence-corrected chi connectivity index (χ1v) is 6.70. The summed E-state index contributed by atoms with van der Waals surface area (Å²) < 4.78 is 54.2. The second kappa shape index (κ2) is 7.48. The average Bonchev–Trinajstić information content (AvgIpc) is 2.66. The Balaban J connectivity index is 0.00000242. The Hall–Kier alpha value is -1.05.